The zero-order valence-electron chi connectivity index (χ0n) is 8.38. The second kappa shape index (κ2) is 5.33. The average molecular weight is 298 g/mol. The van der Waals surface area contributed by atoms with Crippen molar-refractivity contribution in [1.29, 1.82) is 0 Å². The molecule has 4 nitrogen and oxygen atoms in total. The van der Waals surface area contributed by atoms with Gasteiger partial charge in [-0.2, -0.15) is 13.2 Å². The van der Waals surface area contributed by atoms with Crippen molar-refractivity contribution in [1.82, 2.24) is 0 Å². The molecular formula is C7H4ClF3NNaO3S. The van der Waals surface area contributed by atoms with Crippen molar-refractivity contribution in [2.75, 3.05) is 5.73 Å². The average Bonchev–Trinajstić information content (AvgIpc) is 2.05. The maximum atomic E-state index is 12.4. The summed E-state index contributed by atoms with van der Waals surface area (Å²) >= 11 is 5.35. The molecule has 0 amide bonds. The number of hydrogen-bond donors (Lipinski definition) is 1. The van der Waals surface area contributed by atoms with E-state index in [1.165, 1.54) is 0 Å². The molecule has 0 aromatic heterocycles. The van der Waals surface area contributed by atoms with Crippen molar-refractivity contribution in [2.45, 2.75) is 11.1 Å². The summed E-state index contributed by atoms with van der Waals surface area (Å²) in [6, 6.07) is 0.704. The van der Waals surface area contributed by atoms with Gasteiger partial charge in [-0.3, -0.25) is 0 Å². The smallest absolute Gasteiger partial charge is 0.744 e. The van der Waals surface area contributed by atoms with Crippen LogP contribution >= 0.6 is 11.6 Å². The van der Waals surface area contributed by atoms with E-state index < -0.39 is 37.5 Å². The van der Waals surface area contributed by atoms with Gasteiger partial charge in [0, 0.05) is 0 Å². The Hall–Kier alpha value is 0.01000. The molecular weight excluding hydrogens is 294 g/mol. The van der Waals surface area contributed by atoms with Crippen molar-refractivity contribution < 1.29 is 55.7 Å². The van der Waals surface area contributed by atoms with E-state index in [1.807, 2.05) is 0 Å². The summed E-state index contributed by atoms with van der Waals surface area (Å²) in [6.07, 6.45) is -4.99. The largest absolute Gasteiger partial charge is 1.00 e. The van der Waals surface area contributed by atoms with Crippen molar-refractivity contribution in [2.24, 2.45) is 0 Å². The summed E-state index contributed by atoms with van der Waals surface area (Å²) in [5, 5.41) is -0.428. The predicted molar refractivity (Wildman–Crippen MR) is 48.8 cm³/mol. The Morgan fingerprint density at radius 2 is 1.76 bits per heavy atom. The fraction of sp³-hybridized carbons (Fsp3) is 0.143. The van der Waals surface area contributed by atoms with Crippen LogP contribution < -0.4 is 35.3 Å². The Bertz CT molecular complexity index is 532. The minimum Gasteiger partial charge on any atom is -0.744 e. The summed E-state index contributed by atoms with van der Waals surface area (Å²) in [6.45, 7) is 0. The maximum absolute atomic E-state index is 12.4. The maximum Gasteiger partial charge on any atom is 1.00 e. The summed E-state index contributed by atoms with van der Waals surface area (Å²) in [5.74, 6) is 0. The molecule has 0 unspecified atom stereocenters. The summed E-state index contributed by atoms with van der Waals surface area (Å²) < 4.78 is 69.0. The Kier molecular flexibility index (Phi) is 5.33. The second-order valence-electron chi connectivity index (χ2n) is 2.82. The van der Waals surface area contributed by atoms with Crippen molar-refractivity contribution in [3.05, 3.63) is 22.7 Å². The second-order valence-corrected chi connectivity index (χ2v) is 4.58. The topological polar surface area (TPSA) is 83.2 Å². The van der Waals surface area contributed by atoms with Gasteiger partial charge in [0.15, 0.2) is 0 Å². The number of alkyl halides is 3. The first-order valence-electron chi connectivity index (χ1n) is 3.65. The van der Waals surface area contributed by atoms with Crippen LogP contribution in [0.2, 0.25) is 5.02 Å². The molecule has 0 aliphatic rings. The first kappa shape index (κ1) is 17.0. The molecule has 0 bridgehead atoms. The van der Waals surface area contributed by atoms with E-state index in [4.69, 9.17) is 17.3 Å². The normalized spacial score (nSPS) is 12.1. The molecule has 1 rings (SSSR count). The zero-order valence-corrected chi connectivity index (χ0v) is 11.9. The molecule has 0 spiro atoms. The van der Waals surface area contributed by atoms with E-state index >= 15 is 0 Å². The van der Waals surface area contributed by atoms with E-state index in [-0.39, 0.29) is 29.6 Å². The number of rotatable bonds is 1. The van der Waals surface area contributed by atoms with Crippen LogP contribution in [0.3, 0.4) is 0 Å². The monoisotopic (exact) mass is 297 g/mol. The van der Waals surface area contributed by atoms with E-state index in [0.29, 0.717) is 12.1 Å². The number of nitrogen functional groups attached to an aromatic ring is 1. The van der Waals surface area contributed by atoms with Crippen LogP contribution in [-0.4, -0.2) is 13.0 Å². The molecule has 0 aliphatic heterocycles. The standard InChI is InChI=1S/C7H5ClF3NO3S.Na/c8-4-2-6(16(13,14)15)3(1-5(4)12)7(9,10)11;/h1-2H,12H2,(H,13,14,15);/q;+1/p-1. The van der Waals surface area contributed by atoms with Crippen LogP contribution in [-0.2, 0) is 16.3 Å². The molecule has 0 heterocycles. The number of hydrogen-bond acceptors (Lipinski definition) is 4. The number of nitrogens with two attached hydrogens (primary N) is 1. The first-order valence-corrected chi connectivity index (χ1v) is 5.44. The van der Waals surface area contributed by atoms with Gasteiger partial charge >= 0.3 is 35.7 Å². The zero-order chi connectivity index (χ0) is 12.7. The number of benzene rings is 1. The van der Waals surface area contributed by atoms with Gasteiger partial charge in [-0.25, -0.2) is 8.42 Å². The summed E-state index contributed by atoms with van der Waals surface area (Å²) in [5.41, 5.74) is 3.02. The summed E-state index contributed by atoms with van der Waals surface area (Å²) in [7, 11) is -5.27. The molecule has 1 aromatic carbocycles. The van der Waals surface area contributed by atoms with Crippen LogP contribution in [0.4, 0.5) is 18.9 Å². The Labute approximate surface area is 122 Å². The van der Waals surface area contributed by atoms with Gasteiger partial charge in [-0.05, 0) is 12.1 Å². The van der Waals surface area contributed by atoms with Crippen LogP contribution in [0.5, 0.6) is 0 Å². The van der Waals surface area contributed by atoms with Gasteiger partial charge in [-0.1, -0.05) is 11.6 Å². The molecule has 0 radical (unpaired) electrons. The van der Waals surface area contributed by atoms with Gasteiger partial charge in [0.25, 0.3) is 0 Å². The molecule has 2 N–H and O–H groups in total. The Morgan fingerprint density at radius 1 is 1.29 bits per heavy atom. The molecule has 0 saturated carbocycles. The van der Waals surface area contributed by atoms with Gasteiger partial charge in [0.2, 0.25) is 0 Å². The van der Waals surface area contributed by atoms with E-state index in [9.17, 15) is 26.1 Å². The van der Waals surface area contributed by atoms with Gasteiger partial charge < -0.3 is 10.3 Å². The number of anilines is 1. The fourth-order valence-electron chi connectivity index (χ4n) is 1.00. The predicted octanol–water partition coefficient (Wildman–Crippen LogP) is -1.15. The molecule has 17 heavy (non-hydrogen) atoms. The van der Waals surface area contributed by atoms with E-state index in [0.717, 1.165) is 0 Å². The minimum absolute atomic E-state index is 0. The minimum atomic E-state index is -5.27. The third kappa shape index (κ3) is 4.01. The Morgan fingerprint density at radius 3 is 2.12 bits per heavy atom. The van der Waals surface area contributed by atoms with Crippen molar-refractivity contribution >= 4 is 27.4 Å². The van der Waals surface area contributed by atoms with Crippen LogP contribution in [0.25, 0.3) is 0 Å². The summed E-state index contributed by atoms with van der Waals surface area (Å²) in [4.78, 5) is -1.43. The quantitative estimate of drug-likeness (QED) is 0.403. The van der Waals surface area contributed by atoms with Gasteiger partial charge in [-0.15, -0.1) is 0 Å². The molecule has 0 fully saturated rings. The third-order valence-electron chi connectivity index (χ3n) is 1.67. The molecule has 90 valence electrons. The molecule has 0 saturated heterocycles. The fourth-order valence-corrected chi connectivity index (χ4v) is 1.93. The van der Waals surface area contributed by atoms with Crippen molar-refractivity contribution in [3.8, 4) is 0 Å². The van der Waals surface area contributed by atoms with Crippen molar-refractivity contribution in [3.63, 3.8) is 0 Å². The number of halogens is 4. The van der Waals surface area contributed by atoms with Crippen LogP contribution in [0.1, 0.15) is 5.56 Å². The SMILES string of the molecule is Nc1cc(C(F)(F)F)c(S(=O)(=O)[O-])cc1Cl.[Na+]. The molecule has 0 atom stereocenters. The third-order valence-corrected chi connectivity index (χ3v) is 2.88. The van der Waals surface area contributed by atoms with E-state index in [1.54, 1.807) is 0 Å². The Balaban J connectivity index is 0.00000256. The van der Waals surface area contributed by atoms with Crippen LogP contribution in [0, 0.1) is 0 Å². The van der Waals surface area contributed by atoms with Crippen LogP contribution in [0.15, 0.2) is 17.0 Å². The van der Waals surface area contributed by atoms with Gasteiger partial charge in [0.1, 0.15) is 10.1 Å². The molecule has 1 aromatic rings. The van der Waals surface area contributed by atoms with E-state index in [2.05, 4.69) is 0 Å². The molecule has 0 aliphatic carbocycles. The van der Waals surface area contributed by atoms with Gasteiger partial charge in [0.05, 0.1) is 21.2 Å². The molecule has 10 heteroatoms. The first-order chi connectivity index (χ1) is 7.03.